The molecule has 1 aliphatic rings. The zero-order valence-electron chi connectivity index (χ0n) is 17.2. The van der Waals surface area contributed by atoms with E-state index in [-0.39, 0.29) is 22.0 Å². The molecule has 0 spiro atoms. The van der Waals surface area contributed by atoms with Gasteiger partial charge in [0.15, 0.2) is 0 Å². The summed E-state index contributed by atoms with van der Waals surface area (Å²) in [5.74, 6) is 0.610. The van der Waals surface area contributed by atoms with Crippen LogP contribution in [0.2, 0.25) is 0 Å². The van der Waals surface area contributed by atoms with Crippen molar-refractivity contribution in [3.05, 3.63) is 64.7 Å². The Hall–Kier alpha value is -2.46. The lowest BCUT2D eigenvalue weighted by Crippen LogP contribution is -2.33. The van der Waals surface area contributed by atoms with Gasteiger partial charge in [0.25, 0.3) is 0 Å². The van der Waals surface area contributed by atoms with Gasteiger partial charge in [0.1, 0.15) is 0 Å². The smallest absolute Gasteiger partial charge is 0.335 e. The van der Waals surface area contributed by atoms with Crippen LogP contribution in [-0.4, -0.2) is 11.1 Å². The molecule has 0 saturated heterocycles. The van der Waals surface area contributed by atoms with Crippen molar-refractivity contribution < 1.29 is 25.4 Å². The first-order chi connectivity index (χ1) is 13.4. The van der Waals surface area contributed by atoms with Crippen LogP contribution < -0.4 is 0 Å². The molecule has 0 fully saturated rings. The summed E-state index contributed by atoms with van der Waals surface area (Å²) in [6.07, 6.45) is 1.85. The number of aromatic carboxylic acids is 1. The maximum atomic E-state index is 14.6. The molecule has 0 radical (unpaired) electrons. The van der Waals surface area contributed by atoms with Crippen LogP contribution in [0.5, 0.6) is 0 Å². The topological polar surface area (TPSA) is 37.3 Å². The van der Waals surface area contributed by atoms with Crippen LogP contribution in [0.15, 0.2) is 47.4 Å². The summed E-state index contributed by atoms with van der Waals surface area (Å²) in [6.45, 7) is 8.27. The molecule has 7 heteroatoms. The van der Waals surface area contributed by atoms with Crippen molar-refractivity contribution in [1.82, 2.24) is 0 Å². The standard InChI is InChI=1S/C23H24F4O2S/c1-22(2)12-13-23(3,4)20-15-16(5-10-19(20)22)11-14-30(24,25,26,27)18-8-6-17(7-9-18)21(28)29/h5-10,15H,12-13H2,1-4H3,(H,28,29). The van der Waals surface area contributed by atoms with Gasteiger partial charge in [0.2, 0.25) is 9.84 Å². The van der Waals surface area contributed by atoms with Crippen LogP contribution in [0.1, 0.15) is 67.6 Å². The van der Waals surface area contributed by atoms with Crippen LogP contribution in [0.3, 0.4) is 0 Å². The molecule has 1 aliphatic carbocycles. The number of carbonyl (C=O) groups is 1. The molecule has 2 nitrogen and oxygen atoms in total. The Labute approximate surface area is 173 Å². The molecule has 0 heterocycles. The lowest BCUT2D eigenvalue weighted by molar-refractivity contribution is 0.0696. The van der Waals surface area contributed by atoms with Crippen molar-refractivity contribution >= 4 is 15.8 Å². The van der Waals surface area contributed by atoms with Crippen LogP contribution in [0, 0.1) is 11.2 Å². The summed E-state index contributed by atoms with van der Waals surface area (Å²) >= 11 is 0. The minimum Gasteiger partial charge on any atom is -0.478 e. The average Bonchev–Trinajstić information content (AvgIpc) is 2.63. The summed E-state index contributed by atoms with van der Waals surface area (Å²) in [5, 5.41) is 9.84. The predicted molar refractivity (Wildman–Crippen MR) is 112 cm³/mol. The average molecular weight is 441 g/mol. The minimum absolute atomic E-state index is 0.0945. The SMILES string of the molecule is CC1(C)CCC(C)(C)c2cc(C#CS(F)(F)(F)(F)c3ccc(C(=O)O)cc3)ccc21. The second kappa shape index (κ2) is 6.04. The molecule has 162 valence electrons. The van der Waals surface area contributed by atoms with E-state index in [0.717, 1.165) is 41.4 Å². The Morgan fingerprint density at radius 1 is 0.900 bits per heavy atom. The Morgan fingerprint density at radius 3 is 1.97 bits per heavy atom. The van der Waals surface area contributed by atoms with Crippen molar-refractivity contribution in [3.63, 3.8) is 0 Å². The summed E-state index contributed by atoms with van der Waals surface area (Å²) in [5.41, 5.74) is 1.42. The zero-order chi connectivity index (χ0) is 22.7. The molecule has 0 aliphatic heterocycles. The van der Waals surface area contributed by atoms with Crippen LogP contribution in [-0.2, 0) is 10.8 Å². The van der Waals surface area contributed by atoms with Gasteiger partial charge in [0.05, 0.1) is 10.5 Å². The van der Waals surface area contributed by atoms with Gasteiger partial charge in [-0.05, 0) is 77.1 Å². The largest absolute Gasteiger partial charge is 0.478 e. The Bertz CT molecular complexity index is 1100. The fraction of sp³-hybridized carbons (Fsp3) is 0.348. The van der Waals surface area contributed by atoms with Crippen molar-refractivity contribution in [1.29, 1.82) is 0 Å². The molecule has 0 saturated carbocycles. The van der Waals surface area contributed by atoms with Gasteiger partial charge in [-0.2, -0.15) is 0 Å². The first kappa shape index (κ1) is 22.2. The Balaban J connectivity index is 2.09. The lowest BCUT2D eigenvalue weighted by atomic mass is 9.63. The van der Waals surface area contributed by atoms with Crippen LogP contribution in [0.4, 0.5) is 15.5 Å². The molecule has 0 unspecified atom stereocenters. The molecule has 30 heavy (non-hydrogen) atoms. The number of benzene rings is 2. The number of carboxylic acid groups (broad SMARTS) is 1. The van der Waals surface area contributed by atoms with E-state index in [1.54, 1.807) is 12.1 Å². The number of rotatable bonds is 2. The number of hydrogen-bond donors (Lipinski definition) is 1. The van der Waals surface area contributed by atoms with E-state index in [1.807, 2.05) is 19.8 Å². The molecule has 1 N–H and O–H groups in total. The van der Waals surface area contributed by atoms with Crippen molar-refractivity contribution in [2.45, 2.75) is 56.3 Å². The quantitative estimate of drug-likeness (QED) is 0.387. The third kappa shape index (κ3) is 4.06. The fourth-order valence-electron chi connectivity index (χ4n) is 3.76. The molecular weight excluding hydrogens is 416 g/mol. The molecule has 0 bridgehead atoms. The van der Waals surface area contributed by atoms with Crippen LogP contribution >= 0.6 is 9.84 Å². The zero-order valence-corrected chi connectivity index (χ0v) is 18.0. The van der Waals surface area contributed by atoms with Gasteiger partial charge in [0, 0.05) is 10.8 Å². The van der Waals surface area contributed by atoms with E-state index in [1.165, 1.54) is 6.07 Å². The molecule has 3 rings (SSSR count). The van der Waals surface area contributed by atoms with E-state index in [0.29, 0.717) is 12.1 Å². The van der Waals surface area contributed by atoms with E-state index in [4.69, 9.17) is 5.11 Å². The van der Waals surface area contributed by atoms with E-state index in [9.17, 15) is 20.3 Å². The second-order valence-electron chi connectivity index (χ2n) is 9.15. The summed E-state index contributed by atoms with van der Waals surface area (Å²) in [4.78, 5) is 9.29. The van der Waals surface area contributed by atoms with Gasteiger partial charge in [-0.25, -0.2) is 4.79 Å². The van der Waals surface area contributed by atoms with Crippen LogP contribution in [0.25, 0.3) is 0 Å². The van der Waals surface area contributed by atoms with E-state index in [2.05, 4.69) is 13.8 Å². The lowest BCUT2D eigenvalue weighted by Gasteiger charge is -2.44. The summed E-state index contributed by atoms with van der Waals surface area (Å²) in [6, 6.07) is 7.22. The van der Waals surface area contributed by atoms with Crippen molar-refractivity contribution in [2.75, 3.05) is 0 Å². The predicted octanol–water partition coefficient (Wildman–Crippen LogP) is 7.52. The number of fused-ring (bicyclic) bond motifs is 1. The Morgan fingerprint density at radius 2 is 1.43 bits per heavy atom. The van der Waals surface area contributed by atoms with Gasteiger partial charge >= 0.3 is 5.97 Å². The van der Waals surface area contributed by atoms with Gasteiger partial charge in [-0.3, -0.25) is 0 Å². The Kier molecular flexibility index (Phi) is 4.48. The normalized spacial score (nSPS) is 19.5. The highest BCUT2D eigenvalue weighted by Gasteiger charge is 2.63. The highest BCUT2D eigenvalue weighted by Crippen LogP contribution is 3.00. The highest BCUT2D eigenvalue weighted by molar-refractivity contribution is 8.53. The first-order valence-corrected chi connectivity index (χ1v) is 11.5. The van der Waals surface area contributed by atoms with Gasteiger partial charge < -0.3 is 5.11 Å². The van der Waals surface area contributed by atoms with Crippen molar-refractivity contribution in [3.8, 4) is 11.2 Å². The molecule has 0 amide bonds. The summed E-state index contributed by atoms with van der Waals surface area (Å²) < 4.78 is 58.5. The van der Waals surface area contributed by atoms with E-state index < -0.39 is 20.7 Å². The second-order valence-corrected chi connectivity index (χ2v) is 12.0. The highest BCUT2D eigenvalue weighted by atomic mass is 32.5. The first-order valence-electron chi connectivity index (χ1n) is 9.47. The number of carboxylic acids is 1. The third-order valence-electron chi connectivity index (χ3n) is 5.83. The third-order valence-corrected chi connectivity index (χ3v) is 7.56. The van der Waals surface area contributed by atoms with Crippen molar-refractivity contribution in [2.24, 2.45) is 0 Å². The molecule has 2 aromatic carbocycles. The number of halogens is 4. The number of hydrogen-bond acceptors (Lipinski definition) is 1. The maximum absolute atomic E-state index is 14.6. The molecule has 0 aromatic heterocycles. The fourth-order valence-corrected chi connectivity index (χ4v) is 4.88. The molecule has 0 atom stereocenters. The monoisotopic (exact) mass is 440 g/mol. The summed E-state index contributed by atoms with van der Waals surface area (Å²) in [7, 11) is -8.91. The van der Waals surface area contributed by atoms with Gasteiger partial charge in [-0.15, -0.1) is 15.5 Å². The maximum Gasteiger partial charge on any atom is 0.335 e. The molecule has 2 aromatic rings. The van der Waals surface area contributed by atoms with E-state index >= 15 is 0 Å². The molecular formula is C23H24F4O2S. The minimum atomic E-state index is -8.91. The van der Waals surface area contributed by atoms with Gasteiger partial charge in [-0.1, -0.05) is 33.8 Å².